The maximum Gasteiger partial charge on any atom is 0.335 e. The smallest absolute Gasteiger partial charge is 0.335 e. The number of halogens is 1. The van der Waals surface area contributed by atoms with Crippen LogP contribution in [0.4, 0.5) is 11.4 Å². The molecule has 3 atom stereocenters. The number of aromatic carboxylic acids is 1. The van der Waals surface area contributed by atoms with Crippen molar-refractivity contribution in [2.24, 2.45) is 5.92 Å². The Kier molecular flexibility index (Phi) is 5.62. The van der Waals surface area contributed by atoms with Crippen molar-refractivity contribution in [3.05, 3.63) is 100 Å². The Balaban J connectivity index is 1.46. The van der Waals surface area contributed by atoms with Crippen LogP contribution in [0.15, 0.2) is 77.7 Å². The van der Waals surface area contributed by atoms with Crippen molar-refractivity contribution in [2.45, 2.75) is 30.2 Å². The van der Waals surface area contributed by atoms with Crippen molar-refractivity contribution in [3.63, 3.8) is 0 Å². The summed E-state index contributed by atoms with van der Waals surface area (Å²) in [6.45, 7) is 1.86. The number of rotatable bonds is 5. The maximum absolute atomic E-state index is 13.1. The predicted octanol–water partition coefficient (Wildman–Crippen LogP) is 5.97. The van der Waals surface area contributed by atoms with Gasteiger partial charge in [0.05, 0.1) is 22.2 Å². The van der Waals surface area contributed by atoms with Crippen LogP contribution in [0.2, 0.25) is 5.02 Å². The number of allylic oxidation sites excluding steroid dienone is 2. The number of carbonyl (C=O) groups is 1. The minimum Gasteiger partial charge on any atom is -0.478 e. The van der Waals surface area contributed by atoms with Gasteiger partial charge in [0.25, 0.3) is 10.0 Å². The van der Waals surface area contributed by atoms with Gasteiger partial charge in [0.1, 0.15) is 0 Å². The normalized spacial score (nSPS) is 20.8. The number of hydrogen-bond donors (Lipinski definition) is 3. The van der Waals surface area contributed by atoms with Gasteiger partial charge in [-0.15, -0.1) is 0 Å². The molecule has 1 aliphatic carbocycles. The van der Waals surface area contributed by atoms with Crippen molar-refractivity contribution in [1.82, 2.24) is 0 Å². The van der Waals surface area contributed by atoms with E-state index in [4.69, 9.17) is 11.6 Å². The molecule has 0 amide bonds. The molecule has 3 aromatic rings. The summed E-state index contributed by atoms with van der Waals surface area (Å²) in [5.74, 6) is -0.696. The second-order valence-electron chi connectivity index (χ2n) is 8.72. The number of nitrogens with one attached hydrogen (secondary N) is 2. The first-order valence-electron chi connectivity index (χ1n) is 10.9. The van der Waals surface area contributed by atoms with E-state index in [0.717, 1.165) is 28.8 Å². The van der Waals surface area contributed by atoms with Crippen LogP contribution in [0.5, 0.6) is 0 Å². The fraction of sp³-hybridized carbons (Fsp3) is 0.192. The van der Waals surface area contributed by atoms with Crippen molar-refractivity contribution in [3.8, 4) is 0 Å². The fourth-order valence-corrected chi connectivity index (χ4v) is 6.04. The first-order chi connectivity index (χ1) is 16.2. The molecule has 0 saturated carbocycles. The van der Waals surface area contributed by atoms with E-state index >= 15 is 0 Å². The van der Waals surface area contributed by atoms with E-state index in [0.29, 0.717) is 10.7 Å². The Morgan fingerprint density at radius 2 is 1.85 bits per heavy atom. The summed E-state index contributed by atoms with van der Waals surface area (Å²) in [7, 11) is -3.80. The van der Waals surface area contributed by atoms with Gasteiger partial charge >= 0.3 is 5.97 Å². The highest BCUT2D eigenvalue weighted by atomic mass is 35.5. The van der Waals surface area contributed by atoms with Crippen LogP contribution >= 0.6 is 11.6 Å². The van der Waals surface area contributed by atoms with E-state index < -0.39 is 16.0 Å². The molecule has 1 aliphatic heterocycles. The standard InChI is InChI=1S/C26H23ClN2O4S/c1-15-5-10-18(13-23(15)27)29-34(32,33)19-11-12-24-22(14-19)20-3-2-4-21(20)25(28-24)16-6-8-17(9-7-16)26(30)31/h2-3,5-14,20-21,25,28-29H,4H2,1H3,(H,30,31)/t20-,21+,25+/m1/s1. The minimum atomic E-state index is -3.80. The summed E-state index contributed by atoms with van der Waals surface area (Å²) in [6.07, 6.45) is 5.10. The van der Waals surface area contributed by atoms with Crippen LogP contribution in [-0.4, -0.2) is 19.5 Å². The number of anilines is 2. The number of carboxylic acids is 1. The molecular formula is C26H23ClN2O4S. The van der Waals surface area contributed by atoms with Crippen molar-refractivity contribution in [1.29, 1.82) is 0 Å². The lowest BCUT2D eigenvalue weighted by Gasteiger charge is -2.37. The van der Waals surface area contributed by atoms with Gasteiger partial charge in [0.15, 0.2) is 0 Å². The van der Waals surface area contributed by atoms with Gasteiger partial charge in [-0.2, -0.15) is 0 Å². The summed E-state index contributed by atoms with van der Waals surface area (Å²) < 4.78 is 28.8. The Morgan fingerprint density at radius 3 is 2.56 bits per heavy atom. The molecule has 0 radical (unpaired) electrons. The van der Waals surface area contributed by atoms with Crippen molar-refractivity contribution < 1.29 is 18.3 Å². The Hall–Kier alpha value is -3.29. The zero-order valence-corrected chi connectivity index (χ0v) is 19.9. The number of sulfonamides is 1. The van der Waals surface area contributed by atoms with Gasteiger partial charge in [-0.05, 0) is 78.4 Å². The molecule has 6 nitrogen and oxygen atoms in total. The fourth-order valence-electron chi connectivity index (χ4n) is 4.77. The van der Waals surface area contributed by atoms with Gasteiger partial charge in [-0.25, -0.2) is 13.2 Å². The Morgan fingerprint density at radius 1 is 1.09 bits per heavy atom. The zero-order chi connectivity index (χ0) is 24.0. The molecule has 0 fully saturated rings. The topological polar surface area (TPSA) is 95.5 Å². The highest BCUT2D eigenvalue weighted by Crippen LogP contribution is 2.50. The molecule has 2 aliphatic rings. The van der Waals surface area contributed by atoms with Crippen molar-refractivity contribution >= 4 is 39.0 Å². The van der Waals surface area contributed by atoms with Crippen LogP contribution in [0.3, 0.4) is 0 Å². The molecular weight excluding hydrogens is 472 g/mol. The summed E-state index contributed by atoms with van der Waals surface area (Å²) in [5, 5.41) is 13.2. The summed E-state index contributed by atoms with van der Waals surface area (Å²) in [5.41, 5.74) is 4.34. The molecule has 174 valence electrons. The second kappa shape index (κ2) is 8.49. The molecule has 0 bridgehead atoms. The van der Waals surface area contributed by atoms with Crippen molar-refractivity contribution in [2.75, 3.05) is 10.0 Å². The van der Waals surface area contributed by atoms with Gasteiger partial charge in [-0.3, -0.25) is 4.72 Å². The summed E-state index contributed by atoms with van der Waals surface area (Å²) in [6, 6.07) is 17.1. The highest BCUT2D eigenvalue weighted by Gasteiger charge is 2.38. The molecule has 1 heterocycles. The molecule has 0 spiro atoms. The third-order valence-corrected chi connectivity index (χ3v) is 8.37. The molecule has 0 unspecified atom stereocenters. The number of aryl methyl sites for hydroxylation is 1. The lowest BCUT2D eigenvalue weighted by atomic mass is 9.77. The third kappa shape index (κ3) is 4.06. The second-order valence-corrected chi connectivity index (χ2v) is 10.8. The number of fused-ring (bicyclic) bond motifs is 3. The predicted molar refractivity (Wildman–Crippen MR) is 133 cm³/mol. The third-order valence-electron chi connectivity index (χ3n) is 6.59. The van der Waals surface area contributed by atoms with Crippen LogP contribution in [0.1, 0.15) is 45.4 Å². The summed E-state index contributed by atoms with van der Waals surface area (Å²) >= 11 is 6.15. The first kappa shape index (κ1) is 22.5. The van der Waals surface area contributed by atoms with Crippen LogP contribution in [0, 0.1) is 12.8 Å². The molecule has 8 heteroatoms. The van der Waals surface area contributed by atoms with Gasteiger partial charge in [0, 0.05) is 16.6 Å². The van der Waals surface area contributed by atoms with E-state index in [1.807, 2.05) is 19.1 Å². The molecule has 5 rings (SSSR count). The van der Waals surface area contributed by atoms with E-state index in [9.17, 15) is 18.3 Å². The number of carboxylic acid groups (broad SMARTS) is 1. The lowest BCUT2D eigenvalue weighted by molar-refractivity contribution is 0.0697. The summed E-state index contributed by atoms with van der Waals surface area (Å²) in [4.78, 5) is 11.4. The first-order valence-corrected chi connectivity index (χ1v) is 12.8. The molecule has 3 aromatic carbocycles. The largest absolute Gasteiger partial charge is 0.478 e. The quantitative estimate of drug-likeness (QED) is 0.379. The monoisotopic (exact) mass is 494 g/mol. The van der Waals surface area contributed by atoms with E-state index in [1.165, 1.54) is 0 Å². The van der Waals surface area contributed by atoms with Crippen LogP contribution in [-0.2, 0) is 10.0 Å². The Bertz CT molecular complexity index is 1420. The molecule has 34 heavy (non-hydrogen) atoms. The molecule has 3 N–H and O–H groups in total. The number of benzene rings is 3. The van der Waals surface area contributed by atoms with E-state index in [-0.39, 0.29) is 28.3 Å². The van der Waals surface area contributed by atoms with E-state index in [2.05, 4.69) is 22.2 Å². The average molecular weight is 495 g/mol. The van der Waals surface area contributed by atoms with E-state index in [1.54, 1.807) is 48.5 Å². The van der Waals surface area contributed by atoms with Gasteiger partial charge in [0.2, 0.25) is 0 Å². The van der Waals surface area contributed by atoms with Gasteiger partial charge < -0.3 is 10.4 Å². The molecule has 0 aromatic heterocycles. The number of hydrogen-bond acceptors (Lipinski definition) is 4. The Labute approximate surface area is 203 Å². The van der Waals surface area contributed by atoms with Gasteiger partial charge in [-0.1, -0.05) is 42.0 Å². The zero-order valence-electron chi connectivity index (χ0n) is 18.3. The SMILES string of the molecule is Cc1ccc(NS(=O)(=O)c2ccc3c(c2)[C@@H]2C=CC[C@@H]2[C@H](c2ccc(C(=O)O)cc2)N3)cc1Cl. The highest BCUT2D eigenvalue weighted by molar-refractivity contribution is 7.92. The van der Waals surface area contributed by atoms with Crippen LogP contribution in [0.25, 0.3) is 0 Å². The molecule has 0 saturated heterocycles. The lowest BCUT2D eigenvalue weighted by Crippen LogP contribution is -2.29. The maximum atomic E-state index is 13.1. The average Bonchev–Trinajstić information content (AvgIpc) is 3.31. The minimum absolute atomic E-state index is 0.00868. The van der Waals surface area contributed by atoms with Crippen LogP contribution < -0.4 is 10.0 Å².